The summed E-state index contributed by atoms with van der Waals surface area (Å²) < 4.78 is 0. The highest BCUT2D eigenvalue weighted by Crippen LogP contribution is 2.16. The molecule has 0 unspecified atom stereocenters. The summed E-state index contributed by atoms with van der Waals surface area (Å²) in [7, 11) is 3.82. The van der Waals surface area contributed by atoms with Gasteiger partial charge < -0.3 is 10.1 Å². The predicted molar refractivity (Wildman–Crippen MR) is 50.5 cm³/mol. The van der Waals surface area contributed by atoms with Crippen molar-refractivity contribution in [2.24, 2.45) is 0 Å². The highest BCUT2D eigenvalue weighted by Gasteiger charge is 2.04. The predicted octanol–water partition coefficient (Wildman–Crippen LogP) is 1.93. The molecule has 1 aromatic rings. The average Bonchev–Trinajstić information content (AvgIpc) is 2.05. The molecule has 0 saturated carbocycles. The maximum absolute atomic E-state index is 9.97. The van der Waals surface area contributed by atoms with Crippen LogP contribution in [0.15, 0.2) is 24.3 Å². The summed E-state index contributed by atoms with van der Waals surface area (Å²) in [4.78, 5) is 1.91. The third-order valence-electron chi connectivity index (χ3n) is 1.55. The summed E-state index contributed by atoms with van der Waals surface area (Å²) in [6.07, 6.45) is 0. The summed E-state index contributed by atoms with van der Waals surface area (Å²) in [5.41, 5.74) is 1.66. The van der Waals surface area contributed by atoms with Crippen LogP contribution >= 0.6 is 0 Å². The molecule has 1 rings (SSSR count). The largest absolute Gasteiger partial charge is 0.498 e. The van der Waals surface area contributed by atoms with E-state index < -0.39 is 0 Å². The molecule has 0 amide bonds. The van der Waals surface area contributed by atoms with E-state index in [9.17, 15) is 5.21 Å². The van der Waals surface area contributed by atoms with Crippen molar-refractivity contribution in [3.05, 3.63) is 40.0 Å². The van der Waals surface area contributed by atoms with E-state index in [0.717, 1.165) is 11.3 Å². The molecule has 0 radical (unpaired) electrons. The van der Waals surface area contributed by atoms with E-state index >= 15 is 0 Å². The van der Waals surface area contributed by atoms with Gasteiger partial charge in [0.15, 0.2) is 0 Å². The third kappa shape index (κ3) is 1.67. The van der Waals surface area contributed by atoms with Crippen molar-refractivity contribution in [3.63, 3.8) is 0 Å². The van der Waals surface area contributed by atoms with Crippen molar-refractivity contribution >= 4 is 5.69 Å². The molecule has 0 N–H and O–H groups in total. The molecule has 62 valence electrons. The fourth-order valence-corrected chi connectivity index (χ4v) is 1.01. The standard InChI is InChI=1S/C9H10N2O/c1-11(2)9-6-4-3-5-8(9)7-10-12/h3-6H,1-2H3. The second-order valence-corrected chi connectivity index (χ2v) is 2.61. The Balaban J connectivity index is 3.14. The summed E-state index contributed by atoms with van der Waals surface area (Å²) in [6.45, 7) is 0. The molecule has 0 atom stereocenters. The number of rotatable bonds is 1. The van der Waals surface area contributed by atoms with Gasteiger partial charge in [0.2, 0.25) is 0 Å². The summed E-state index contributed by atoms with van der Waals surface area (Å²) in [5.74, 6) is 0. The minimum Gasteiger partial charge on any atom is -0.498 e. The van der Waals surface area contributed by atoms with Gasteiger partial charge in [-0.15, -0.1) is 0 Å². The number of para-hydroxylation sites is 1. The zero-order valence-electron chi connectivity index (χ0n) is 7.11. The number of hydrogen-bond acceptors (Lipinski definition) is 2. The molecule has 3 nitrogen and oxygen atoms in total. The average molecular weight is 162 g/mol. The second kappa shape index (κ2) is 3.63. The van der Waals surface area contributed by atoms with Crippen molar-refractivity contribution in [2.45, 2.75) is 0 Å². The van der Waals surface area contributed by atoms with Gasteiger partial charge >= 0.3 is 6.07 Å². The normalized spacial score (nSPS) is 8.50. The van der Waals surface area contributed by atoms with Gasteiger partial charge in [0.05, 0.1) is 5.69 Å². The molecule has 0 aliphatic rings. The van der Waals surface area contributed by atoms with Crippen LogP contribution in [0, 0.1) is 11.3 Å². The van der Waals surface area contributed by atoms with Gasteiger partial charge in [-0.3, -0.25) is 0 Å². The minimum absolute atomic E-state index is 0.720. The molecule has 0 aliphatic carbocycles. The van der Waals surface area contributed by atoms with Gasteiger partial charge in [0.25, 0.3) is 0 Å². The lowest BCUT2D eigenvalue weighted by Crippen LogP contribution is -2.09. The molecular weight excluding hydrogens is 152 g/mol. The smallest absolute Gasteiger partial charge is 0.338 e. The maximum atomic E-state index is 9.97. The Kier molecular flexibility index (Phi) is 2.54. The summed E-state index contributed by atoms with van der Waals surface area (Å²) in [5, 5.41) is 12.6. The lowest BCUT2D eigenvalue weighted by molar-refractivity contribution is 1.13. The Morgan fingerprint density at radius 2 is 2.00 bits per heavy atom. The van der Waals surface area contributed by atoms with E-state index in [-0.39, 0.29) is 0 Å². The molecule has 0 aromatic heterocycles. The minimum atomic E-state index is 0.720. The monoisotopic (exact) mass is 162 g/mol. The van der Waals surface area contributed by atoms with E-state index in [0.29, 0.717) is 0 Å². The van der Waals surface area contributed by atoms with Crippen molar-refractivity contribution in [3.8, 4) is 6.07 Å². The first-order valence-electron chi connectivity index (χ1n) is 3.60. The van der Waals surface area contributed by atoms with E-state index in [4.69, 9.17) is 0 Å². The highest BCUT2D eigenvalue weighted by atomic mass is 16.4. The second-order valence-electron chi connectivity index (χ2n) is 2.61. The van der Waals surface area contributed by atoms with Crippen molar-refractivity contribution in [1.82, 2.24) is 0 Å². The lowest BCUT2D eigenvalue weighted by Gasteiger charge is -2.11. The van der Waals surface area contributed by atoms with Crippen LogP contribution in [0.4, 0.5) is 5.69 Å². The van der Waals surface area contributed by atoms with E-state index in [1.165, 1.54) is 0 Å². The molecule has 0 spiro atoms. The number of benzene rings is 1. The molecule has 0 fully saturated rings. The summed E-state index contributed by atoms with van der Waals surface area (Å²) in [6, 6.07) is 9.85. The van der Waals surface area contributed by atoms with E-state index in [2.05, 4.69) is 11.1 Å². The van der Waals surface area contributed by atoms with Gasteiger partial charge in [-0.1, -0.05) is 12.1 Å². The Morgan fingerprint density at radius 3 is 2.58 bits per heavy atom. The lowest BCUT2D eigenvalue weighted by atomic mass is 10.2. The topological polar surface area (TPSA) is 30.7 Å². The van der Waals surface area contributed by atoms with Crippen LogP contribution in [0.3, 0.4) is 0 Å². The Labute approximate surface area is 71.6 Å². The van der Waals surface area contributed by atoms with Crippen LogP contribution < -0.4 is 4.90 Å². The first-order valence-corrected chi connectivity index (χ1v) is 3.60. The van der Waals surface area contributed by atoms with Crippen LogP contribution in [0.25, 0.3) is 5.01 Å². The van der Waals surface area contributed by atoms with Crippen molar-refractivity contribution < 1.29 is 0 Å². The van der Waals surface area contributed by atoms with Gasteiger partial charge in [-0.2, -0.15) is 0 Å². The van der Waals surface area contributed by atoms with Gasteiger partial charge in [0.1, 0.15) is 5.56 Å². The zero-order chi connectivity index (χ0) is 8.97. The maximum Gasteiger partial charge on any atom is 0.338 e. The Morgan fingerprint density at radius 1 is 1.33 bits per heavy atom. The third-order valence-corrected chi connectivity index (χ3v) is 1.55. The molecule has 12 heavy (non-hydrogen) atoms. The molecule has 0 saturated heterocycles. The number of nitrogens with zero attached hydrogens (tertiary/aromatic N) is 2. The Hall–Kier alpha value is -1.69. The molecule has 0 aliphatic heterocycles. The van der Waals surface area contributed by atoms with Crippen LogP contribution in [0.2, 0.25) is 0 Å². The Bertz CT molecular complexity index is 323. The molecule has 0 heterocycles. The summed E-state index contributed by atoms with van der Waals surface area (Å²) >= 11 is 0. The van der Waals surface area contributed by atoms with Crippen LogP contribution in [-0.4, -0.2) is 14.1 Å². The van der Waals surface area contributed by atoms with Crippen LogP contribution in [-0.2, 0) is 0 Å². The van der Waals surface area contributed by atoms with E-state index in [1.54, 1.807) is 6.07 Å². The molecule has 1 aromatic carbocycles. The van der Waals surface area contributed by atoms with E-state index in [1.807, 2.05) is 37.2 Å². The quantitative estimate of drug-likeness (QED) is 0.591. The fourth-order valence-electron chi connectivity index (χ4n) is 1.01. The van der Waals surface area contributed by atoms with Gasteiger partial charge in [0, 0.05) is 19.1 Å². The van der Waals surface area contributed by atoms with Crippen LogP contribution in [0.1, 0.15) is 5.56 Å². The number of hydrogen-bond donors (Lipinski definition) is 0. The molecule has 3 heteroatoms. The first kappa shape index (κ1) is 8.41. The van der Waals surface area contributed by atoms with Crippen molar-refractivity contribution in [1.29, 1.82) is 0 Å². The fraction of sp³-hybridized carbons (Fsp3) is 0.222. The number of anilines is 1. The molecular formula is C9H10N2O. The zero-order valence-corrected chi connectivity index (χ0v) is 7.11. The van der Waals surface area contributed by atoms with Gasteiger partial charge in [-0.25, -0.2) is 0 Å². The first-order chi connectivity index (χ1) is 5.75. The van der Waals surface area contributed by atoms with Gasteiger partial charge in [-0.05, 0) is 12.1 Å². The van der Waals surface area contributed by atoms with Crippen LogP contribution in [0.5, 0.6) is 0 Å². The van der Waals surface area contributed by atoms with Crippen molar-refractivity contribution in [2.75, 3.05) is 19.0 Å². The highest BCUT2D eigenvalue weighted by molar-refractivity contribution is 5.59. The SMILES string of the molecule is CN(C)c1ccccc1C#[N+][O-]. The molecule has 0 bridgehead atoms.